The van der Waals surface area contributed by atoms with Crippen molar-refractivity contribution in [2.45, 2.75) is 65.1 Å². The van der Waals surface area contributed by atoms with E-state index in [2.05, 4.69) is 18.4 Å². The highest BCUT2D eigenvalue weighted by Crippen LogP contribution is 2.41. The smallest absolute Gasteiger partial charge is 0.287 e. The van der Waals surface area contributed by atoms with E-state index in [9.17, 15) is 18.0 Å². The fraction of sp³-hybridized carbons (Fsp3) is 0.522. The molecular weight excluding hydrogens is 377 g/mol. The standard InChI is InChI=1S/C23H29F3N2O/c1-4-5-6-7-8-16-9-10-18-14-19(12-11-17(18)13-16)20(23(24,25)26)28-15-22(2,3)21(29)27-28/h9-14,20H,4-8,15H2,1-3H3,(H,27,29)/t20-/m0/s1. The Morgan fingerprint density at radius 3 is 2.38 bits per heavy atom. The molecule has 1 N–H and O–H groups in total. The third-order valence-corrected chi connectivity index (χ3v) is 5.61. The normalized spacial score (nSPS) is 18.2. The van der Waals surface area contributed by atoms with Crippen LogP contribution in [0.2, 0.25) is 0 Å². The molecule has 1 atom stereocenters. The zero-order chi connectivity index (χ0) is 21.2. The number of carbonyl (C=O) groups is 1. The maximum absolute atomic E-state index is 13.9. The molecule has 2 aromatic rings. The van der Waals surface area contributed by atoms with Gasteiger partial charge in [-0.05, 0) is 54.7 Å². The fourth-order valence-electron chi connectivity index (χ4n) is 3.92. The zero-order valence-electron chi connectivity index (χ0n) is 17.3. The number of aryl methyl sites for hydroxylation is 1. The number of unbranched alkanes of at least 4 members (excludes halogenated alkanes) is 3. The molecule has 1 fully saturated rings. The predicted octanol–water partition coefficient (Wildman–Crippen LogP) is 5.94. The average Bonchev–Trinajstić information content (AvgIpc) is 2.90. The summed E-state index contributed by atoms with van der Waals surface area (Å²) in [5, 5.41) is 2.73. The first kappa shape index (κ1) is 21.6. The molecular formula is C23H29F3N2O. The number of rotatable bonds is 7. The van der Waals surface area contributed by atoms with E-state index in [1.165, 1.54) is 30.9 Å². The minimum atomic E-state index is -4.50. The Balaban J connectivity index is 1.85. The molecule has 0 saturated carbocycles. The number of fused-ring (bicyclic) bond motifs is 1. The van der Waals surface area contributed by atoms with Crippen molar-refractivity contribution in [2.75, 3.05) is 6.54 Å². The Morgan fingerprint density at radius 1 is 1.07 bits per heavy atom. The van der Waals surface area contributed by atoms with Gasteiger partial charge < -0.3 is 0 Å². The van der Waals surface area contributed by atoms with Gasteiger partial charge in [-0.2, -0.15) is 13.2 Å². The van der Waals surface area contributed by atoms with Crippen LogP contribution >= 0.6 is 0 Å². The molecule has 29 heavy (non-hydrogen) atoms. The van der Waals surface area contributed by atoms with Crippen LogP contribution in [0.1, 0.15) is 63.6 Å². The Morgan fingerprint density at radius 2 is 1.76 bits per heavy atom. The number of halogens is 3. The Labute approximate surface area is 170 Å². The summed E-state index contributed by atoms with van der Waals surface area (Å²) >= 11 is 0. The molecule has 0 aliphatic carbocycles. The third kappa shape index (κ3) is 4.92. The fourth-order valence-corrected chi connectivity index (χ4v) is 3.92. The lowest BCUT2D eigenvalue weighted by molar-refractivity contribution is -0.191. The molecule has 2 aromatic carbocycles. The van der Waals surface area contributed by atoms with Crippen LogP contribution in [0.3, 0.4) is 0 Å². The number of benzene rings is 2. The first-order valence-corrected chi connectivity index (χ1v) is 10.3. The minimum absolute atomic E-state index is 0.00471. The van der Waals surface area contributed by atoms with E-state index in [0.717, 1.165) is 28.6 Å². The lowest BCUT2D eigenvalue weighted by atomic mass is 9.93. The van der Waals surface area contributed by atoms with Crippen LogP contribution in [-0.2, 0) is 11.2 Å². The van der Waals surface area contributed by atoms with Gasteiger partial charge in [0.2, 0.25) is 5.91 Å². The summed E-state index contributed by atoms with van der Waals surface area (Å²) < 4.78 is 41.7. The lowest BCUT2D eigenvalue weighted by Gasteiger charge is -2.30. The van der Waals surface area contributed by atoms with E-state index < -0.39 is 17.6 Å². The van der Waals surface area contributed by atoms with Gasteiger partial charge in [0.25, 0.3) is 0 Å². The average molecular weight is 406 g/mol. The second-order valence-electron chi connectivity index (χ2n) is 8.65. The Kier molecular flexibility index (Phi) is 6.22. The van der Waals surface area contributed by atoms with Crippen LogP contribution in [0.4, 0.5) is 13.2 Å². The van der Waals surface area contributed by atoms with Crippen LogP contribution in [0.25, 0.3) is 10.8 Å². The number of hydrazine groups is 1. The van der Waals surface area contributed by atoms with E-state index in [-0.39, 0.29) is 18.0 Å². The first-order chi connectivity index (χ1) is 13.6. The van der Waals surface area contributed by atoms with Crippen molar-refractivity contribution in [1.29, 1.82) is 0 Å². The SMILES string of the molecule is CCCCCCc1ccc2cc([C@H](N3CC(C)(C)C(=O)N3)C(F)(F)F)ccc2c1. The zero-order valence-corrected chi connectivity index (χ0v) is 17.3. The molecule has 3 rings (SSSR count). The quantitative estimate of drug-likeness (QED) is 0.577. The van der Waals surface area contributed by atoms with Gasteiger partial charge >= 0.3 is 6.18 Å². The highest BCUT2D eigenvalue weighted by molar-refractivity contribution is 5.85. The summed E-state index contributed by atoms with van der Waals surface area (Å²) in [5.74, 6) is -0.389. The molecule has 1 saturated heterocycles. The highest BCUT2D eigenvalue weighted by Gasteiger charge is 2.51. The molecule has 3 nitrogen and oxygen atoms in total. The molecule has 0 radical (unpaired) electrons. The number of nitrogens with zero attached hydrogens (tertiary/aromatic N) is 1. The van der Waals surface area contributed by atoms with Gasteiger partial charge in [-0.25, -0.2) is 5.01 Å². The van der Waals surface area contributed by atoms with Gasteiger partial charge in [0.05, 0.1) is 5.41 Å². The number of alkyl halides is 3. The Bertz CT molecular complexity index is 876. The maximum atomic E-state index is 13.9. The molecule has 0 bridgehead atoms. The molecule has 0 spiro atoms. The molecule has 158 valence electrons. The van der Waals surface area contributed by atoms with Crippen molar-refractivity contribution in [3.63, 3.8) is 0 Å². The van der Waals surface area contributed by atoms with Crippen LogP contribution in [0.15, 0.2) is 36.4 Å². The van der Waals surface area contributed by atoms with Crippen molar-refractivity contribution in [2.24, 2.45) is 5.41 Å². The number of carbonyl (C=O) groups excluding carboxylic acids is 1. The number of hydrogen-bond donors (Lipinski definition) is 1. The first-order valence-electron chi connectivity index (χ1n) is 10.3. The van der Waals surface area contributed by atoms with Crippen LogP contribution < -0.4 is 5.43 Å². The van der Waals surface area contributed by atoms with Crippen molar-refractivity contribution in [1.82, 2.24) is 10.4 Å². The van der Waals surface area contributed by atoms with Crippen LogP contribution in [0, 0.1) is 5.41 Å². The van der Waals surface area contributed by atoms with Gasteiger partial charge in [-0.15, -0.1) is 0 Å². The Hall–Kier alpha value is -2.08. The summed E-state index contributed by atoms with van der Waals surface area (Å²) in [5.41, 5.74) is 2.91. The second kappa shape index (κ2) is 8.34. The van der Waals surface area contributed by atoms with E-state index in [0.29, 0.717) is 0 Å². The minimum Gasteiger partial charge on any atom is -0.287 e. The molecule has 0 unspecified atom stereocenters. The highest BCUT2D eigenvalue weighted by atomic mass is 19.4. The second-order valence-corrected chi connectivity index (χ2v) is 8.65. The summed E-state index contributed by atoms with van der Waals surface area (Å²) in [4.78, 5) is 12.0. The van der Waals surface area contributed by atoms with Crippen molar-refractivity contribution >= 4 is 16.7 Å². The molecule has 0 aromatic heterocycles. The lowest BCUT2D eigenvalue weighted by Crippen LogP contribution is -2.43. The summed E-state index contributed by atoms with van der Waals surface area (Å²) in [6.45, 7) is 5.48. The molecule has 6 heteroatoms. The maximum Gasteiger partial charge on any atom is 0.409 e. The van der Waals surface area contributed by atoms with Gasteiger partial charge in [-0.3, -0.25) is 10.2 Å². The number of nitrogens with one attached hydrogen (secondary N) is 1. The van der Waals surface area contributed by atoms with Gasteiger partial charge in [0.15, 0.2) is 0 Å². The molecule has 1 aliphatic rings. The largest absolute Gasteiger partial charge is 0.409 e. The van der Waals surface area contributed by atoms with Crippen LogP contribution in [-0.4, -0.2) is 23.6 Å². The van der Waals surface area contributed by atoms with Crippen molar-refractivity contribution in [3.05, 3.63) is 47.5 Å². The van der Waals surface area contributed by atoms with E-state index in [1.807, 2.05) is 12.1 Å². The predicted molar refractivity (Wildman–Crippen MR) is 109 cm³/mol. The van der Waals surface area contributed by atoms with Gasteiger partial charge in [0, 0.05) is 6.54 Å². The number of amides is 1. The van der Waals surface area contributed by atoms with E-state index in [1.54, 1.807) is 26.0 Å². The molecule has 1 heterocycles. The third-order valence-electron chi connectivity index (χ3n) is 5.61. The van der Waals surface area contributed by atoms with Crippen LogP contribution in [0.5, 0.6) is 0 Å². The summed E-state index contributed by atoms with van der Waals surface area (Å²) in [7, 11) is 0. The van der Waals surface area contributed by atoms with E-state index in [4.69, 9.17) is 0 Å². The monoisotopic (exact) mass is 406 g/mol. The van der Waals surface area contributed by atoms with E-state index >= 15 is 0 Å². The number of hydrogen-bond acceptors (Lipinski definition) is 2. The van der Waals surface area contributed by atoms with Gasteiger partial charge in [-0.1, -0.05) is 56.5 Å². The van der Waals surface area contributed by atoms with Crippen molar-refractivity contribution < 1.29 is 18.0 Å². The van der Waals surface area contributed by atoms with Gasteiger partial charge in [0.1, 0.15) is 6.04 Å². The summed E-state index contributed by atoms with van der Waals surface area (Å²) in [6.07, 6.45) is 1.21. The van der Waals surface area contributed by atoms with Crippen molar-refractivity contribution in [3.8, 4) is 0 Å². The molecule has 1 amide bonds. The topological polar surface area (TPSA) is 32.3 Å². The molecule has 1 aliphatic heterocycles. The summed E-state index contributed by atoms with van der Waals surface area (Å²) in [6, 6.07) is 8.96.